The molecule has 0 heterocycles. The fraction of sp³-hybridized carbons (Fsp3) is 0.619. The summed E-state index contributed by atoms with van der Waals surface area (Å²) in [6.07, 6.45) is 1.97. The van der Waals surface area contributed by atoms with Crippen molar-refractivity contribution in [2.24, 2.45) is 17.8 Å². The van der Waals surface area contributed by atoms with Crippen molar-refractivity contribution in [2.45, 2.75) is 47.1 Å². The van der Waals surface area contributed by atoms with Gasteiger partial charge in [0, 0.05) is 50.4 Å². The summed E-state index contributed by atoms with van der Waals surface area (Å²) in [6, 6.07) is 5.97. The maximum absolute atomic E-state index is 12.7. The Morgan fingerprint density at radius 2 is 1.81 bits per heavy atom. The van der Waals surface area contributed by atoms with Crippen molar-refractivity contribution in [1.82, 2.24) is 4.90 Å². The first kappa shape index (κ1) is 20.3. The van der Waals surface area contributed by atoms with E-state index in [-0.39, 0.29) is 23.7 Å². The van der Waals surface area contributed by atoms with Gasteiger partial charge in [-0.3, -0.25) is 9.59 Å². The summed E-state index contributed by atoms with van der Waals surface area (Å²) in [5.74, 6) is 0.807. The summed E-state index contributed by atoms with van der Waals surface area (Å²) in [4.78, 5) is 28.7. The van der Waals surface area contributed by atoms with Gasteiger partial charge in [0.05, 0.1) is 0 Å². The van der Waals surface area contributed by atoms with Crippen LogP contribution in [0.2, 0.25) is 0 Å². The van der Waals surface area contributed by atoms with Crippen LogP contribution in [0.1, 0.15) is 46.1 Å². The molecule has 5 heteroatoms. The molecule has 0 unspecified atom stereocenters. The molecule has 0 saturated heterocycles. The van der Waals surface area contributed by atoms with Gasteiger partial charge in [-0.25, -0.2) is 0 Å². The van der Waals surface area contributed by atoms with Crippen molar-refractivity contribution < 1.29 is 9.59 Å². The number of nitrogens with zero attached hydrogens (tertiary/aromatic N) is 2. The zero-order valence-electron chi connectivity index (χ0n) is 17.0. The molecule has 0 spiro atoms. The van der Waals surface area contributed by atoms with Crippen molar-refractivity contribution in [2.75, 3.05) is 30.9 Å². The second-order valence-electron chi connectivity index (χ2n) is 8.27. The van der Waals surface area contributed by atoms with Gasteiger partial charge in [-0.2, -0.15) is 0 Å². The first-order valence-electron chi connectivity index (χ1n) is 9.59. The molecule has 0 aromatic heterocycles. The molecule has 1 aliphatic rings. The standard InChI is InChI=1S/C21H33N3O2/c1-14(2)12-24(21(26)15(3)4)13-17-11-18(9-10-19(17)23(5)6)22-20(25)16-7-8-16/h9-11,14-16H,7-8,12-13H2,1-6H3,(H,22,25). The highest BCUT2D eigenvalue weighted by atomic mass is 16.2. The molecule has 144 valence electrons. The molecular weight excluding hydrogens is 326 g/mol. The Balaban J connectivity index is 2.26. The normalized spacial score (nSPS) is 13.8. The number of carbonyl (C=O) groups excluding carboxylic acids is 2. The minimum atomic E-state index is -0.0330. The second kappa shape index (κ2) is 8.56. The van der Waals surface area contributed by atoms with Crippen LogP contribution in [0.4, 0.5) is 11.4 Å². The Bertz CT molecular complexity index is 649. The quantitative estimate of drug-likeness (QED) is 0.769. The third-order valence-electron chi connectivity index (χ3n) is 4.53. The number of hydrogen-bond acceptors (Lipinski definition) is 3. The number of amides is 2. The molecule has 1 N–H and O–H groups in total. The van der Waals surface area contributed by atoms with Crippen LogP contribution in [0.25, 0.3) is 0 Å². The lowest BCUT2D eigenvalue weighted by atomic mass is 10.1. The van der Waals surface area contributed by atoms with Crippen LogP contribution in [0.5, 0.6) is 0 Å². The summed E-state index contributed by atoms with van der Waals surface area (Å²) in [5, 5.41) is 3.02. The topological polar surface area (TPSA) is 52.7 Å². The highest BCUT2D eigenvalue weighted by Crippen LogP contribution is 2.31. The molecule has 2 amide bonds. The number of hydrogen-bond donors (Lipinski definition) is 1. The third-order valence-corrected chi connectivity index (χ3v) is 4.53. The van der Waals surface area contributed by atoms with E-state index in [1.807, 2.05) is 51.0 Å². The van der Waals surface area contributed by atoms with E-state index in [2.05, 4.69) is 24.1 Å². The molecule has 5 nitrogen and oxygen atoms in total. The maximum Gasteiger partial charge on any atom is 0.227 e. The minimum Gasteiger partial charge on any atom is -0.377 e. The van der Waals surface area contributed by atoms with Crippen LogP contribution in [0, 0.1) is 17.8 Å². The van der Waals surface area contributed by atoms with Crippen molar-refractivity contribution in [3.8, 4) is 0 Å². The first-order valence-corrected chi connectivity index (χ1v) is 9.59. The average molecular weight is 360 g/mol. The number of benzene rings is 1. The fourth-order valence-corrected chi connectivity index (χ4v) is 3.06. The number of nitrogens with one attached hydrogen (secondary N) is 1. The fourth-order valence-electron chi connectivity index (χ4n) is 3.06. The van der Waals surface area contributed by atoms with Crippen molar-refractivity contribution >= 4 is 23.2 Å². The van der Waals surface area contributed by atoms with Crippen LogP contribution in [-0.2, 0) is 16.1 Å². The Morgan fingerprint density at radius 1 is 1.15 bits per heavy atom. The monoisotopic (exact) mass is 359 g/mol. The molecular formula is C21H33N3O2. The van der Waals surface area contributed by atoms with Gasteiger partial charge >= 0.3 is 0 Å². The van der Waals surface area contributed by atoms with E-state index in [0.29, 0.717) is 12.5 Å². The van der Waals surface area contributed by atoms with Gasteiger partial charge in [-0.1, -0.05) is 27.7 Å². The van der Waals surface area contributed by atoms with Crippen molar-refractivity contribution in [1.29, 1.82) is 0 Å². The largest absolute Gasteiger partial charge is 0.377 e. The number of rotatable bonds is 8. The lowest BCUT2D eigenvalue weighted by Gasteiger charge is -2.29. The van der Waals surface area contributed by atoms with E-state index >= 15 is 0 Å². The van der Waals surface area contributed by atoms with Crippen molar-refractivity contribution in [3.05, 3.63) is 23.8 Å². The average Bonchev–Trinajstić information content (AvgIpc) is 3.37. The highest BCUT2D eigenvalue weighted by Gasteiger charge is 2.29. The predicted octanol–water partition coefficient (Wildman–Crippen LogP) is 3.74. The van der Waals surface area contributed by atoms with Crippen LogP contribution in [0.15, 0.2) is 18.2 Å². The molecule has 0 aliphatic heterocycles. The molecule has 1 aromatic rings. The maximum atomic E-state index is 12.7. The van der Waals surface area contributed by atoms with Gasteiger partial charge in [-0.05, 0) is 42.5 Å². The molecule has 0 radical (unpaired) electrons. The summed E-state index contributed by atoms with van der Waals surface area (Å²) in [7, 11) is 4.00. The smallest absolute Gasteiger partial charge is 0.227 e. The Labute approximate surface area is 157 Å². The Morgan fingerprint density at radius 3 is 2.31 bits per heavy atom. The van der Waals surface area contributed by atoms with E-state index in [1.54, 1.807) is 0 Å². The van der Waals surface area contributed by atoms with Gasteiger partial charge in [0.2, 0.25) is 11.8 Å². The van der Waals surface area contributed by atoms with E-state index < -0.39 is 0 Å². The molecule has 26 heavy (non-hydrogen) atoms. The molecule has 1 aromatic carbocycles. The van der Waals surface area contributed by atoms with Crippen LogP contribution >= 0.6 is 0 Å². The van der Waals surface area contributed by atoms with Gasteiger partial charge in [0.25, 0.3) is 0 Å². The minimum absolute atomic E-state index is 0.0330. The van der Waals surface area contributed by atoms with E-state index in [9.17, 15) is 9.59 Å². The van der Waals surface area contributed by atoms with Crippen molar-refractivity contribution in [3.63, 3.8) is 0 Å². The van der Waals surface area contributed by atoms with Crippen LogP contribution < -0.4 is 10.2 Å². The molecule has 1 fully saturated rings. The van der Waals surface area contributed by atoms with Gasteiger partial charge in [0.15, 0.2) is 0 Å². The Hall–Kier alpha value is -2.04. The Kier molecular flexibility index (Phi) is 6.68. The summed E-state index contributed by atoms with van der Waals surface area (Å²) < 4.78 is 0. The molecule has 1 aliphatic carbocycles. The second-order valence-corrected chi connectivity index (χ2v) is 8.27. The van der Waals surface area contributed by atoms with Crippen LogP contribution in [0.3, 0.4) is 0 Å². The van der Waals surface area contributed by atoms with E-state index in [4.69, 9.17) is 0 Å². The van der Waals surface area contributed by atoms with Gasteiger partial charge < -0.3 is 15.1 Å². The van der Waals surface area contributed by atoms with E-state index in [0.717, 1.165) is 36.3 Å². The number of anilines is 2. The van der Waals surface area contributed by atoms with Gasteiger partial charge in [0.1, 0.15) is 0 Å². The predicted molar refractivity (Wildman–Crippen MR) is 107 cm³/mol. The summed E-state index contributed by atoms with van der Waals surface area (Å²) in [6.45, 7) is 9.40. The van der Waals surface area contributed by atoms with Crippen LogP contribution in [-0.4, -0.2) is 37.4 Å². The highest BCUT2D eigenvalue weighted by molar-refractivity contribution is 5.94. The molecule has 0 bridgehead atoms. The van der Waals surface area contributed by atoms with E-state index in [1.165, 1.54) is 0 Å². The van der Waals surface area contributed by atoms with Gasteiger partial charge in [-0.15, -0.1) is 0 Å². The summed E-state index contributed by atoms with van der Waals surface area (Å²) in [5.41, 5.74) is 2.93. The lowest BCUT2D eigenvalue weighted by molar-refractivity contribution is -0.135. The third kappa shape index (κ3) is 5.48. The molecule has 1 saturated carbocycles. The zero-order valence-corrected chi connectivity index (χ0v) is 17.0. The molecule has 0 atom stereocenters. The zero-order chi connectivity index (χ0) is 19.4. The summed E-state index contributed by atoms with van der Waals surface area (Å²) >= 11 is 0. The molecule has 2 rings (SSSR count). The number of carbonyl (C=O) groups is 2. The SMILES string of the molecule is CC(C)CN(Cc1cc(NC(=O)C2CC2)ccc1N(C)C)C(=O)C(C)C. The first-order chi connectivity index (χ1) is 12.2. The lowest BCUT2D eigenvalue weighted by Crippen LogP contribution is -2.37.